The monoisotopic (exact) mass is 333 g/mol. The van der Waals surface area contributed by atoms with Crippen LogP contribution in [-0.2, 0) is 4.79 Å². The highest BCUT2D eigenvalue weighted by Crippen LogP contribution is 2.21. The lowest BCUT2D eigenvalue weighted by atomic mass is 9.95. The molecule has 7 heteroatoms. The molecule has 0 spiro atoms. The van der Waals surface area contributed by atoms with Gasteiger partial charge in [-0.05, 0) is 31.0 Å². The Morgan fingerprint density at radius 2 is 2.09 bits per heavy atom. The molecule has 0 radical (unpaired) electrons. The molecule has 0 bridgehead atoms. The van der Waals surface area contributed by atoms with Crippen LogP contribution >= 0.6 is 11.3 Å². The lowest BCUT2D eigenvalue weighted by Crippen LogP contribution is -2.41. The largest absolute Gasteiger partial charge is 0.339 e. The quantitative estimate of drug-likeness (QED) is 0.939. The number of rotatable bonds is 3. The molecule has 0 atom stereocenters. The van der Waals surface area contributed by atoms with Crippen LogP contribution in [0, 0.1) is 11.7 Å². The van der Waals surface area contributed by atoms with Gasteiger partial charge < -0.3 is 10.2 Å². The Kier molecular flexibility index (Phi) is 4.66. The molecule has 120 valence electrons. The SMILES string of the molecule is O=C(Nc1nccs1)C1CCN(C(=O)c2cccc(F)c2)CC1. The van der Waals surface area contributed by atoms with E-state index in [2.05, 4.69) is 10.3 Å². The van der Waals surface area contributed by atoms with Gasteiger partial charge in [-0.3, -0.25) is 9.59 Å². The molecular weight excluding hydrogens is 317 g/mol. The minimum absolute atomic E-state index is 0.0576. The molecule has 2 amide bonds. The van der Waals surface area contributed by atoms with Crippen molar-refractivity contribution in [3.63, 3.8) is 0 Å². The Bertz CT molecular complexity index is 697. The Hall–Kier alpha value is -2.28. The minimum atomic E-state index is -0.423. The zero-order valence-corrected chi connectivity index (χ0v) is 13.2. The third-order valence-electron chi connectivity index (χ3n) is 3.89. The van der Waals surface area contributed by atoms with E-state index in [1.165, 1.54) is 29.5 Å². The van der Waals surface area contributed by atoms with Gasteiger partial charge >= 0.3 is 0 Å². The number of likely N-dealkylation sites (tertiary alicyclic amines) is 1. The Labute approximate surface area is 137 Å². The van der Waals surface area contributed by atoms with Crippen molar-refractivity contribution in [2.24, 2.45) is 5.92 Å². The van der Waals surface area contributed by atoms with Gasteiger partial charge in [0.2, 0.25) is 5.91 Å². The highest BCUT2D eigenvalue weighted by molar-refractivity contribution is 7.13. The molecule has 1 aliphatic heterocycles. The molecule has 3 rings (SSSR count). The highest BCUT2D eigenvalue weighted by atomic mass is 32.1. The summed E-state index contributed by atoms with van der Waals surface area (Å²) in [6.07, 6.45) is 2.83. The number of aromatic nitrogens is 1. The molecule has 1 aromatic heterocycles. The molecular formula is C16H16FN3O2S. The van der Waals surface area contributed by atoms with Crippen LogP contribution in [0.15, 0.2) is 35.8 Å². The second-order valence-corrected chi connectivity index (χ2v) is 6.30. The van der Waals surface area contributed by atoms with E-state index in [0.717, 1.165) is 0 Å². The number of anilines is 1. The predicted octanol–water partition coefficient (Wildman–Crippen LogP) is 2.77. The number of benzene rings is 1. The zero-order valence-electron chi connectivity index (χ0n) is 12.4. The predicted molar refractivity (Wildman–Crippen MR) is 85.8 cm³/mol. The molecule has 0 saturated carbocycles. The number of nitrogens with one attached hydrogen (secondary N) is 1. The molecule has 1 aromatic carbocycles. The van der Waals surface area contributed by atoms with Crippen LogP contribution in [0.1, 0.15) is 23.2 Å². The summed E-state index contributed by atoms with van der Waals surface area (Å²) < 4.78 is 13.2. The lowest BCUT2D eigenvalue weighted by molar-refractivity contribution is -0.121. The van der Waals surface area contributed by atoms with Crippen molar-refractivity contribution in [1.29, 1.82) is 0 Å². The van der Waals surface area contributed by atoms with Crippen molar-refractivity contribution >= 4 is 28.3 Å². The minimum Gasteiger partial charge on any atom is -0.339 e. The summed E-state index contributed by atoms with van der Waals surface area (Å²) in [5.74, 6) is -0.801. The first-order valence-corrected chi connectivity index (χ1v) is 8.26. The summed E-state index contributed by atoms with van der Waals surface area (Å²) in [7, 11) is 0. The number of hydrogen-bond donors (Lipinski definition) is 1. The van der Waals surface area contributed by atoms with E-state index < -0.39 is 5.82 Å². The van der Waals surface area contributed by atoms with E-state index in [1.807, 2.05) is 0 Å². The number of carbonyl (C=O) groups is 2. The first kappa shape index (κ1) is 15.6. The van der Waals surface area contributed by atoms with Gasteiger partial charge in [0.1, 0.15) is 5.82 Å². The zero-order chi connectivity index (χ0) is 16.2. The lowest BCUT2D eigenvalue weighted by Gasteiger charge is -2.31. The molecule has 2 heterocycles. The summed E-state index contributed by atoms with van der Waals surface area (Å²) in [4.78, 5) is 30.2. The fourth-order valence-electron chi connectivity index (χ4n) is 2.64. The standard InChI is InChI=1S/C16H16FN3O2S/c17-13-3-1-2-12(10-13)15(22)20-7-4-11(5-8-20)14(21)19-16-18-6-9-23-16/h1-3,6,9-11H,4-5,7-8H2,(H,18,19,21). The van der Waals surface area contributed by atoms with Crippen LogP contribution in [0.2, 0.25) is 0 Å². The summed E-state index contributed by atoms with van der Waals surface area (Å²) in [5.41, 5.74) is 0.343. The van der Waals surface area contributed by atoms with Gasteiger partial charge in [0.05, 0.1) is 0 Å². The number of piperidine rings is 1. The number of carbonyl (C=O) groups excluding carboxylic acids is 2. The number of thiazole rings is 1. The molecule has 23 heavy (non-hydrogen) atoms. The average Bonchev–Trinajstić information content (AvgIpc) is 3.07. The molecule has 5 nitrogen and oxygen atoms in total. The van der Waals surface area contributed by atoms with Gasteiger partial charge in [0, 0.05) is 36.1 Å². The molecule has 1 N–H and O–H groups in total. The smallest absolute Gasteiger partial charge is 0.253 e. The topological polar surface area (TPSA) is 62.3 Å². The molecule has 1 fully saturated rings. The summed E-state index contributed by atoms with van der Waals surface area (Å²) >= 11 is 1.38. The molecule has 0 unspecified atom stereocenters. The van der Waals surface area contributed by atoms with E-state index in [1.54, 1.807) is 22.5 Å². The maximum Gasteiger partial charge on any atom is 0.253 e. The van der Waals surface area contributed by atoms with Crippen molar-refractivity contribution in [2.75, 3.05) is 18.4 Å². The normalized spacial score (nSPS) is 15.4. The number of nitrogens with zero attached hydrogens (tertiary/aromatic N) is 2. The van der Waals surface area contributed by atoms with Gasteiger partial charge in [-0.1, -0.05) is 6.07 Å². The van der Waals surface area contributed by atoms with Crippen LogP contribution in [-0.4, -0.2) is 34.8 Å². The molecule has 1 aliphatic rings. The van der Waals surface area contributed by atoms with Crippen molar-refractivity contribution < 1.29 is 14.0 Å². The van der Waals surface area contributed by atoms with Gasteiger partial charge in [0.15, 0.2) is 5.13 Å². The second-order valence-electron chi connectivity index (χ2n) is 5.40. The van der Waals surface area contributed by atoms with E-state index in [4.69, 9.17) is 0 Å². The fourth-order valence-corrected chi connectivity index (χ4v) is 3.17. The molecule has 1 saturated heterocycles. The number of amides is 2. The van der Waals surface area contributed by atoms with Gasteiger partial charge in [-0.25, -0.2) is 9.37 Å². The number of hydrogen-bond acceptors (Lipinski definition) is 4. The van der Waals surface area contributed by atoms with Crippen molar-refractivity contribution in [3.8, 4) is 0 Å². The van der Waals surface area contributed by atoms with Gasteiger partial charge in [-0.15, -0.1) is 11.3 Å². The summed E-state index contributed by atoms with van der Waals surface area (Å²) in [6.45, 7) is 0.983. The van der Waals surface area contributed by atoms with Crippen molar-refractivity contribution in [3.05, 3.63) is 47.2 Å². The van der Waals surface area contributed by atoms with Crippen LogP contribution in [0.5, 0.6) is 0 Å². The van der Waals surface area contributed by atoms with E-state index in [9.17, 15) is 14.0 Å². The maximum atomic E-state index is 13.2. The molecule has 0 aliphatic carbocycles. The van der Waals surface area contributed by atoms with Crippen molar-refractivity contribution in [2.45, 2.75) is 12.8 Å². The van der Waals surface area contributed by atoms with Gasteiger partial charge in [0.25, 0.3) is 5.91 Å². The van der Waals surface area contributed by atoms with Crippen LogP contribution in [0.3, 0.4) is 0 Å². The third-order valence-corrected chi connectivity index (χ3v) is 4.58. The molecule has 2 aromatic rings. The van der Waals surface area contributed by atoms with Crippen LogP contribution in [0.25, 0.3) is 0 Å². The van der Waals surface area contributed by atoms with E-state index >= 15 is 0 Å². The first-order chi connectivity index (χ1) is 11.1. The first-order valence-electron chi connectivity index (χ1n) is 7.38. The summed E-state index contributed by atoms with van der Waals surface area (Å²) in [5, 5.41) is 5.18. The van der Waals surface area contributed by atoms with E-state index in [-0.39, 0.29) is 17.7 Å². The number of halogens is 1. The maximum absolute atomic E-state index is 13.2. The Morgan fingerprint density at radius 1 is 1.30 bits per heavy atom. The fraction of sp³-hybridized carbons (Fsp3) is 0.312. The summed E-state index contributed by atoms with van der Waals surface area (Å²) in [6, 6.07) is 5.68. The van der Waals surface area contributed by atoms with Gasteiger partial charge in [-0.2, -0.15) is 0 Å². The van der Waals surface area contributed by atoms with Crippen molar-refractivity contribution in [1.82, 2.24) is 9.88 Å². The average molecular weight is 333 g/mol. The van der Waals surface area contributed by atoms with Crippen LogP contribution in [0.4, 0.5) is 9.52 Å². The third kappa shape index (κ3) is 3.73. The Balaban J connectivity index is 1.55. The van der Waals surface area contributed by atoms with Crippen LogP contribution < -0.4 is 5.32 Å². The highest BCUT2D eigenvalue weighted by Gasteiger charge is 2.28. The van der Waals surface area contributed by atoms with E-state index in [0.29, 0.717) is 36.6 Å². The Morgan fingerprint density at radius 3 is 2.74 bits per heavy atom. The second kappa shape index (κ2) is 6.87.